The van der Waals surface area contributed by atoms with Gasteiger partial charge in [0.25, 0.3) is 0 Å². The van der Waals surface area contributed by atoms with E-state index < -0.39 is 0 Å². The van der Waals surface area contributed by atoms with Gasteiger partial charge in [-0.3, -0.25) is 0 Å². The average Bonchev–Trinajstić information content (AvgIpc) is 3.05. The first-order valence-corrected chi connectivity index (χ1v) is 7.52. The van der Waals surface area contributed by atoms with Crippen molar-refractivity contribution in [3.05, 3.63) is 53.2 Å². The molecule has 110 valence electrons. The van der Waals surface area contributed by atoms with Crippen molar-refractivity contribution < 1.29 is 0 Å². The Morgan fingerprint density at radius 3 is 2.90 bits per heavy atom. The molecule has 3 aromatic rings. The molecule has 0 aliphatic heterocycles. The van der Waals surface area contributed by atoms with Crippen molar-refractivity contribution in [2.45, 2.75) is 26.6 Å². The molecule has 0 aliphatic carbocycles. The number of halogens is 1. The molecule has 0 unspecified atom stereocenters. The van der Waals surface area contributed by atoms with Gasteiger partial charge in [0.15, 0.2) is 0 Å². The van der Waals surface area contributed by atoms with Crippen molar-refractivity contribution in [1.82, 2.24) is 19.4 Å². The summed E-state index contributed by atoms with van der Waals surface area (Å²) >= 11 is 6.17. The molecular weight excluding hydrogens is 284 g/mol. The number of imidazole rings is 1. The number of hydrogen-bond acceptors (Lipinski definition) is 2. The zero-order valence-corrected chi connectivity index (χ0v) is 13.1. The second kappa shape index (κ2) is 5.92. The fraction of sp³-hybridized carbons (Fsp3) is 0.312. The molecule has 1 N–H and O–H groups in total. The van der Waals surface area contributed by atoms with E-state index in [1.807, 2.05) is 31.6 Å². The highest BCUT2D eigenvalue weighted by atomic mass is 35.5. The van der Waals surface area contributed by atoms with Crippen LogP contribution < -0.4 is 5.32 Å². The lowest BCUT2D eigenvalue weighted by Crippen LogP contribution is -2.07. The Labute approximate surface area is 129 Å². The molecule has 0 saturated carbocycles. The maximum absolute atomic E-state index is 6.17. The SMILES string of the molecule is CCn1ccnc1Cn1cc(CNC)c2ccc(Cl)cc21. The topological polar surface area (TPSA) is 34.8 Å². The average molecular weight is 303 g/mol. The number of fused-ring (bicyclic) bond motifs is 1. The highest BCUT2D eigenvalue weighted by Gasteiger charge is 2.11. The van der Waals surface area contributed by atoms with E-state index in [1.54, 1.807) is 0 Å². The molecule has 4 nitrogen and oxygen atoms in total. The molecule has 0 radical (unpaired) electrons. The Kier molecular flexibility index (Phi) is 3.99. The Morgan fingerprint density at radius 2 is 2.14 bits per heavy atom. The van der Waals surface area contributed by atoms with Gasteiger partial charge < -0.3 is 14.5 Å². The van der Waals surface area contributed by atoms with E-state index in [0.29, 0.717) is 0 Å². The Morgan fingerprint density at radius 1 is 1.29 bits per heavy atom. The fourth-order valence-electron chi connectivity index (χ4n) is 2.74. The predicted octanol–water partition coefficient (Wildman–Crippen LogP) is 3.28. The fourth-order valence-corrected chi connectivity index (χ4v) is 2.90. The van der Waals surface area contributed by atoms with Gasteiger partial charge in [0.1, 0.15) is 5.82 Å². The molecule has 2 heterocycles. The lowest BCUT2D eigenvalue weighted by molar-refractivity contribution is 0.660. The molecule has 21 heavy (non-hydrogen) atoms. The number of nitrogens with zero attached hydrogens (tertiary/aromatic N) is 3. The molecule has 1 aromatic carbocycles. The van der Waals surface area contributed by atoms with Crippen LogP contribution in [0.25, 0.3) is 10.9 Å². The van der Waals surface area contributed by atoms with E-state index in [2.05, 4.69) is 38.6 Å². The number of aromatic nitrogens is 3. The van der Waals surface area contributed by atoms with E-state index in [-0.39, 0.29) is 0 Å². The molecule has 5 heteroatoms. The van der Waals surface area contributed by atoms with Crippen LogP contribution in [-0.4, -0.2) is 21.2 Å². The summed E-state index contributed by atoms with van der Waals surface area (Å²) in [5, 5.41) is 5.22. The molecule has 0 aliphatic rings. The standard InChI is InChI=1S/C16H19ClN4/c1-3-20-7-6-19-16(20)11-21-10-12(9-18-2)14-5-4-13(17)8-15(14)21/h4-8,10,18H,3,9,11H2,1-2H3. The van der Waals surface area contributed by atoms with E-state index in [1.165, 1.54) is 10.9 Å². The molecule has 0 bridgehead atoms. The third kappa shape index (κ3) is 2.69. The van der Waals surface area contributed by atoms with Crippen molar-refractivity contribution in [3.63, 3.8) is 0 Å². The van der Waals surface area contributed by atoms with E-state index in [9.17, 15) is 0 Å². The normalized spacial score (nSPS) is 11.4. The molecule has 0 fully saturated rings. The van der Waals surface area contributed by atoms with Gasteiger partial charge >= 0.3 is 0 Å². The van der Waals surface area contributed by atoms with Crippen LogP contribution in [0.5, 0.6) is 0 Å². The molecule has 0 amide bonds. The summed E-state index contributed by atoms with van der Waals surface area (Å²) in [6, 6.07) is 6.06. The third-order valence-corrected chi connectivity index (χ3v) is 3.98. The van der Waals surface area contributed by atoms with E-state index in [4.69, 9.17) is 11.6 Å². The number of aryl methyl sites for hydroxylation is 1. The molecular formula is C16H19ClN4. The van der Waals surface area contributed by atoms with Gasteiger partial charge in [-0.25, -0.2) is 4.98 Å². The number of rotatable bonds is 5. The van der Waals surface area contributed by atoms with E-state index >= 15 is 0 Å². The lowest BCUT2D eigenvalue weighted by Gasteiger charge is -2.07. The van der Waals surface area contributed by atoms with Crippen LogP contribution in [0.3, 0.4) is 0 Å². The summed E-state index contributed by atoms with van der Waals surface area (Å²) in [6.07, 6.45) is 6.06. The van der Waals surface area contributed by atoms with Crippen LogP contribution in [-0.2, 0) is 19.6 Å². The third-order valence-electron chi connectivity index (χ3n) is 3.75. The van der Waals surface area contributed by atoms with Crippen molar-refractivity contribution in [3.8, 4) is 0 Å². The van der Waals surface area contributed by atoms with E-state index in [0.717, 1.165) is 36.0 Å². The van der Waals surface area contributed by atoms with Crippen LogP contribution in [0.15, 0.2) is 36.8 Å². The van der Waals surface area contributed by atoms with Crippen molar-refractivity contribution >= 4 is 22.5 Å². The minimum atomic E-state index is 0.751. The maximum Gasteiger partial charge on any atom is 0.128 e. The number of benzene rings is 1. The summed E-state index contributed by atoms with van der Waals surface area (Å²) in [4.78, 5) is 4.46. The number of hydrogen-bond donors (Lipinski definition) is 1. The van der Waals surface area contributed by atoms with Crippen molar-refractivity contribution in [2.24, 2.45) is 0 Å². The zero-order chi connectivity index (χ0) is 14.8. The van der Waals surface area contributed by atoms with Crippen molar-refractivity contribution in [2.75, 3.05) is 7.05 Å². The first kappa shape index (κ1) is 14.2. The Bertz CT molecular complexity index is 757. The predicted molar refractivity (Wildman–Crippen MR) is 86.7 cm³/mol. The second-order valence-corrected chi connectivity index (χ2v) is 5.54. The monoisotopic (exact) mass is 302 g/mol. The van der Waals surface area contributed by atoms with Crippen LogP contribution in [0.1, 0.15) is 18.3 Å². The van der Waals surface area contributed by atoms with Gasteiger partial charge in [0.05, 0.1) is 12.1 Å². The van der Waals surface area contributed by atoms with Gasteiger partial charge in [0, 0.05) is 42.1 Å². The Hall–Kier alpha value is -1.78. The highest BCUT2D eigenvalue weighted by molar-refractivity contribution is 6.31. The highest BCUT2D eigenvalue weighted by Crippen LogP contribution is 2.25. The van der Waals surface area contributed by atoms with Gasteiger partial charge in [0.2, 0.25) is 0 Å². The minimum Gasteiger partial charge on any atom is -0.340 e. The molecule has 0 spiro atoms. The van der Waals surface area contributed by atoms with Gasteiger partial charge in [-0.1, -0.05) is 17.7 Å². The van der Waals surface area contributed by atoms with Crippen molar-refractivity contribution in [1.29, 1.82) is 0 Å². The summed E-state index contributed by atoms with van der Waals surface area (Å²) in [7, 11) is 1.96. The lowest BCUT2D eigenvalue weighted by atomic mass is 10.2. The van der Waals surface area contributed by atoms with Crippen LogP contribution in [0.4, 0.5) is 0 Å². The minimum absolute atomic E-state index is 0.751. The summed E-state index contributed by atoms with van der Waals surface area (Å²) < 4.78 is 4.39. The van der Waals surface area contributed by atoms with Gasteiger partial charge in [-0.05, 0) is 31.7 Å². The quantitative estimate of drug-likeness (QED) is 0.785. The first-order valence-electron chi connectivity index (χ1n) is 7.14. The summed E-state index contributed by atoms with van der Waals surface area (Å²) in [5.74, 6) is 1.06. The van der Waals surface area contributed by atoms with Crippen LogP contribution >= 0.6 is 11.6 Å². The molecule has 0 saturated heterocycles. The molecule has 3 rings (SSSR count). The maximum atomic E-state index is 6.17. The van der Waals surface area contributed by atoms with Gasteiger partial charge in [-0.15, -0.1) is 0 Å². The summed E-state index contributed by atoms with van der Waals surface area (Å²) in [5.41, 5.74) is 2.43. The summed E-state index contributed by atoms with van der Waals surface area (Å²) in [6.45, 7) is 4.65. The van der Waals surface area contributed by atoms with Crippen LogP contribution in [0, 0.1) is 0 Å². The molecule has 0 atom stereocenters. The first-order chi connectivity index (χ1) is 10.2. The zero-order valence-electron chi connectivity index (χ0n) is 12.3. The van der Waals surface area contributed by atoms with Crippen LogP contribution in [0.2, 0.25) is 5.02 Å². The molecule has 2 aromatic heterocycles. The number of nitrogens with one attached hydrogen (secondary N) is 1. The second-order valence-electron chi connectivity index (χ2n) is 5.10. The van der Waals surface area contributed by atoms with Gasteiger partial charge in [-0.2, -0.15) is 0 Å². The largest absolute Gasteiger partial charge is 0.340 e. The smallest absolute Gasteiger partial charge is 0.128 e. The Balaban J connectivity index is 2.07.